The summed E-state index contributed by atoms with van der Waals surface area (Å²) in [6.45, 7) is 0.600. The van der Waals surface area contributed by atoms with Gasteiger partial charge in [0.25, 0.3) is 0 Å². The van der Waals surface area contributed by atoms with Gasteiger partial charge in [-0.15, -0.1) is 0 Å². The van der Waals surface area contributed by atoms with Crippen LogP contribution >= 0.6 is 0 Å². The standard InChI is InChI=1S/C9H14N4O3/c1-13(2)4-3-7(14)11-8-6(9(15)16)5-10-12-8/h5H,3-4H2,1-2H3,(H,15,16)(H2,10,11,12,14). The molecule has 0 radical (unpaired) electrons. The Morgan fingerprint density at radius 1 is 1.56 bits per heavy atom. The van der Waals surface area contributed by atoms with Gasteiger partial charge in [-0.3, -0.25) is 9.89 Å². The van der Waals surface area contributed by atoms with Crippen molar-refractivity contribution in [3.8, 4) is 0 Å². The van der Waals surface area contributed by atoms with Gasteiger partial charge in [-0.1, -0.05) is 0 Å². The van der Waals surface area contributed by atoms with Crippen molar-refractivity contribution in [3.05, 3.63) is 11.8 Å². The number of aromatic nitrogens is 2. The van der Waals surface area contributed by atoms with Gasteiger partial charge in [0, 0.05) is 13.0 Å². The molecule has 0 aliphatic rings. The molecule has 3 N–H and O–H groups in total. The highest BCUT2D eigenvalue weighted by molar-refractivity contribution is 5.99. The predicted octanol–water partition coefficient (Wildman–Crippen LogP) is -0.00190. The Morgan fingerprint density at radius 2 is 2.25 bits per heavy atom. The van der Waals surface area contributed by atoms with Gasteiger partial charge in [0.2, 0.25) is 5.91 Å². The highest BCUT2D eigenvalue weighted by Crippen LogP contribution is 2.10. The summed E-state index contributed by atoms with van der Waals surface area (Å²) < 4.78 is 0. The summed E-state index contributed by atoms with van der Waals surface area (Å²) in [6.07, 6.45) is 1.45. The van der Waals surface area contributed by atoms with Crippen LogP contribution in [0.15, 0.2) is 6.20 Å². The highest BCUT2D eigenvalue weighted by atomic mass is 16.4. The Hall–Kier alpha value is -1.89. The van der Waals surface area contributed by atoms with Crippen molar-refractivity contribution in [1.82, 2.24) is 15.1 Å². The monoisotopic (exact) mass is 226 g/mol. The Bertz CT molecular complexity index is 386. The predicted molar refractivity (Wildman–Crippen MR) is 57.3 cm³/mol. The number of nitrogens with one attached hydrogen (secondary N) is 2. The average molecular weight is 226 g/mol. The molecule has 1 amide bonds. The lowest BCUT2D eigenvalue weighted by Gasteiger charge is -2.08. The number of amides is 1. The quantitative estimate of drug-likeness (QED) is 0.656. The van der Waals surface area contributed by atoms with E-state index in [1.165, 1.54) is 0 Å². The first-order valence-electron chi connectivity index (χ1n) is 4.72. The third-order valence-electron chi connectivity index (χ3n) is 1.92. The Kier molecular flexibility index (Phi) is 4.01. The van der Waals surface area contributed by atoms with Crippen molar-refractivity contribution in [3.63, 3.8) is 0 Å². The number of carbonyl (C=O) groups excluding carboxylic acids is 1. The number of rotatable bonds is 5. The second-order valence-corrected chi connectivity index (χ2v) is 3.57. The first-order valence-corrected chi connectivity index (χ1v) is 4.72. The van der Waals surface area contributed by atoms with Gasteiger partial charge in [-0.25, -0.2) is 4.79 Å². The normalized spacial score (nSPS) is 10.4. The molecule has 0 aromatic carbocycles. The fraction of sp³-hybridized carbons (Fsp3) is 0.444. The molecule has 0 saturated heterocycles. The number of aromatic amines is 1. The van der Waals surface area contributed by atoms with E-state index < -0.39 is 5.97 Å². The van der Waals surface area contributed by atoms with E-state index in [9.17, 15) is 9.59 Å². The van der Waals surface area contributed by atoms with Crippen LogP contribution in [0, 0.1) is 0 Å². The maximum absolute atomic E-state index is 11.4. The minimum Gasteiger partial charge on any atom is -0.477 e. The molecule has 1 rings (SSSR count). The number of hydrogen-bond acceptors (Lipinski definition) is 4. The molecule has 7 nitrogen and oxygen atoms in total. The van der Waals surface area contributed by atoms with E-state index in [0.29, 0.717) is 13.0 Å². The number of carbonyl (C=O) groups is 2. The highest BCUT2D eigenvalue weighted by Gasteiger charge is 2.14. The summed E-state index contributed by atoms with van der Waals surface area (Å²) in [6, 6.07) is 0. The molecule has 0 saturated carbocycles. The number of aromatic carboxylic acids is 1. The van der Waals surface area contributed by atoms with Gasteiger partial charge in [0.05, 0.1) is 6.20 Å². The minimum absolute atomic E-state index is 0.0433. The van der Waals surface area contributed by atoms with Crippen molar-refractivity contribution in [2.45, 2.75) is 6.42 Å². The van der Waals surface area contributed by atoms with Crippen molar-refractivity contribution >= 4 is 17.7 Å². The smallest absolute Gasteiger partial charge is 0.341 e. The van der Waals surface area contributed by atoms with Crippen LogP contribution in [0.25, 0.3) is 0 Å². The van der Waals surface area contributed by atoms with Gasteiger partial charge in [-0.2, -0.15) is 5.10 Å². The topological polar surface area (TPSA) is 98.3 Å². The Labute approximate surface area is 92.4 Å². The number of hydrogen-bond donors (Lipinski definition) is 3. The van der Waals surface area contributed by atoms with E-state index in [1.807, 2.05) is 19.0 Å². The third-order valence-corrected chi connectivity index (χ3v) is 1.92. The lowest BCUT2D eigenvalue weighted by atomic mass is 10.3. The van der Waals surface area contributed by atoms with Gasteiger partial charge in [0.1, 0.15) is 11.4 Å². The molecule has 0 aliphatic heterocycles. The fourth-order valence-electron chi connectivity index (χ4n) is 1.07. The molecule has 1 aromatic heterocycles. The second kappa shape index (κ2) is 5.26. The first-order chi connectivity index (χ1) is 7.50. The van der Waals surface area contributed by atoms with E-state index in [-0.39, 0.29) is 17.3 Å². The van der Waals surface area contributed by atoms with Crippen LogP contribution in [-0.2, 0) is 4.79 Å². The van der Waals surface area contributed by atoms with E-state index in [0.717, 1.165) is 6.20 Å². The summed E-state index contributed by atoms with van der Waals surface area (Å²) in [4.78, 5) is 24.0. The third kappa shape index (κ3) is 3.35. The SMILES string of the molecule is CN(C)CCC(=O)Nc1[nH]ncc1C(=O)O. The van der Waals surface area contributed by atoms with E-state index in [2.05, 4.69) is 15.5 Å². The Balaban J connectivity index is 2.56. The lowest BCUT2D eigenvalue weighted by Crippen LogP contribution is -2.21. The van der Waals surface area contributed by atoms with Gasteiger partial charge >= 0.3 is 5.97 Å². The molecular weight excluding hydrogens is 212 g/mol. The number of anilines is 1. The molecule has 1 heterocycles. The van der Waals surface area contributed by atoms with E-state index in [1.54, 1.807) is 0 Å². The zero-order valence-corrected chi connectivity index (χ0v) is 9.15. The summed E-state index contributed by atoms with van der Waals surface area (Å²) in [5, 5.41) is 17.2. The molecule has 0 bridgehead atoms. The van der Waals surface area contributed by atoms with Gasteiger partial charge in [0.15, 0.2) is 0 Å². The summed E-state index contributed by atoms with van der Waals surface area (Å²) >= 11 is 0. The first kappa shape index (κ1) is 12.2. The van der Waals surface area contributed by atoms with Crippen molar-refractivity contribution in [2.75, 3.05) is 26.0 Å². The van der Waals surface area contributed by atoms with Crippen LogP contribution in [0.3, 0.4) is 0 Å². The minimum atomic E-state index is -1.13. The second-order valence-electron chi connectivity index (χ2n) is 3.57. The summed E-state index contributed by atoms with van der Waals surface area (Å²) in [5.74, 6) is -1.26. The van der Waals surface area contributed by atoms with Crippen LogP contribution < -0.4 is 5.32 Å². The molecule has 0 fully saturated rings. The average Bonchev–Trinajstić information content (AvgIpc) is 2.62. The summed E-state index contributed by atoms with van der Waals surface area (Å²) in [5.41, 5.74) is -0.0433. The summed E-state index contributed by atoms with van der Waals surface area (Å²) in [7, 11) is 3.71. The molecule has 0 unspecified atom stereocenters. The van der Waals surface area contributed by atoms with E-state index in [4.69, 9.17) is 5.11 Å². The largest absolute Gasteiger partial charge is 0.477 e. The fourth-order valence-corrected chi connectivity index (χ4v) is 1.07. The van der Waals surface area contributed by atoms with Crippen LogP contribution in [0.4, 0.5) is 5.82 Å². The molecule has 88 valence electrons. The molecule has 16 heavy (non-hydrogen) atoms. The van der Waals surface area contributed by atoms with Gasteiger partial charge in [-0.05, 0) is 14.1 Å². The maximum Gasteiger partial charge on any atom is 0.341 e. The van der Waals surface area contributed by atoms with E-state index >= 15 is 0 Å². The molecule has 1 aromatic rings. The van der Waals surface area contributed by atoms with Gasteiger partial charge < -0.3 is 15.3 Å². The number of H-pyrrole nitrogens is 1. The van der Waals surface area contributed by atoms with Crippen molar-refractivity contribution in [1.29, 1.82) is 0 Å². The molecule has 0 atom stereocenters. The van der Waals surface area contributed by atoms with Crippen molar-refractivity contribution in [2.24, 2.45) is 0 Å². The zero-order chi connectivity index (χ0) is 12.1. The van der Waals surface area contributed by atoms with Crippen LogP contribution in [0.5, 0.6) is 0 Å². The molecule has 0 spiro atoms. The number of carboxylic acid groups (broad SMARTS) is 1. The lowest BCUT2D eigenvalue weighted by molar-refractivity contribution is -0.116. The zero-order valence-electron chi connectivity index (χ0n) is 9.15. The Morgan fingerprint density at radius 3 is 2.81 bits per heavy atom. The molecule has 7 heteroatoms. The van der Waals surface area contributed by atoms with Crippen LogP contribution in [0.2, 0.25) is 0 Å². The number of nitrogens with zero attached hydrogens (tertiary/aromatic N) is 2. The number of carboxylic acids is 1. The van der Waals surface area contributed by atoms with Crippen LogP contribution in [-0.4, -0.2) is 52.7 Å². The maximum atomic E-state index is 11.4. The molecular formula is C9H14N4O3. The van der Waals surface area contributed by atoms with Crippen LogP contribution in [0.1, 0.15) is 16.8 Å². The van der Waals surface area contributed by atoms with Crippen molar-refractivity contribution < 1.29 is 14.7 Å². The molecule has 0 aliphatic carbocycles.